The molecule has 1 unspecified atom stereocenters. The quantitative estimate of drug-likeness (QED) is 0.780. The zero-order valence-corrected chi connectivity index (χ0v) is 8.54. The van der Waals surface area contributed by atoms with Crippen LogP contribution in [0.1, 0.15) is 11.7 Å². The molecule has 0 saturated carbocycles. The molecule has 0 N–H and O–H groups in total. The van der Waals surface area contributed by atoms with E-state index in [-0.39, 0.29) is 0 Å². The number of nitrogens with zero attached hydrogens (tertiary/aromatic N) is 1. The molecule has 0 aliphatic rings. The van der Waals surface area contributed by atoms with Crippen molar-refractivity contribution in [2.24, 2.45) is 0 Å². The first-order chi connectivity index (χ1) is 7.90. The lowest BCUT2D eigenvalue weighted by Crippen LogP contribution is -2.09. The molecule has 0 bridgehead atoms. The molecule has 16 heavy (non-hydrogen) atoms. The van der Waals surface area contributed by atoms with Gasteiger partial charge in [-0.05, 0) is 6.07 Å². The van der Waals surface area contributed by atoms with Crippen molar-refractivity contribution in [3.63, 3.8) is 0 Å². The van der Waals surface area contributed by atoms with Gasteiger partial charge in [-0.25, -0.2) is 4.98 Å². The summed E-state index contributed by atoms with van der Waals surface area (Å²) >= 11 is 0. The zero-order valence-electron chi connectivity index (χ0n) is 8.54. The highest BCUT2D eigenvalue weighted by Crippen LogP contribution is 2.17. The lowest BCUT2D eigenvalue weighted by Gasteiger charge is -2.11. The van der Waals surface area contributed by atoms with Crippen LogP contribution in [0.3, 0.4) is 0 Å². The van der Waals surface area contributed by atoms with Gasteiger partial charge in [-0.15, -0.1) is 0 Å². The summed E-state index contributed by atoms with van der Waals surface area (Å²) in [6.45, 7) is 0. The lowest BCUT2D eigenvalue weighted by atomic mass is 10.1. The van der Waals surface area contributed by atoms with Gasteiger partial charge in [-0.1, -0.05) is 36.4 Å². The van der Waals surface area contributed by atoms with Crippen LogP contribution in [0.4, 0.5) is 0 Å². The smallest absolute Gasteiger partial charge is 0.247 e. The first-order valence-electron chi connectivity index (χ1n) is 4.90. The second-order valence-electron chi connectivity index (χ2n) is 3.19. The number of hydrogen-bond acceptors (Lipinski definition) is 3. The van der Waals surface area contributed by atoms with E-state index in [1.165, 1.54) is 0 Å². The Balaban J connectivity index is 2.16. The van der Waals surface area contributed by atoms with Crippen molar-refractivity contribution in [1.82, 2.24) is 4.98 Å². The molecule has 2 rings (SSSR count). The molecule has 1 aromatic carbocycles. The highest BCUT2D eigenvalue weighted by atomic mass is 16.5. The Bertz CT molecular complexity index is 442. The Labute approximate surface area is 93.7 Å². The molecular formula is C13H10NO2. The van der Waals surface area contributed by atoms with Crippen LogP contribution in [0.15, 0.2) is 54.7 Å². The minimum absolute atomic E-state index is 0.416. The maximum absolute atomic E-state index is 10.8. The minimum atomic E-state index is -0.726. The summed E-state index contributed by atoms with van der Waals surface area (Å²) in [4.78, 5) is 14.8. The molecule has 1 atom stereocenters. The number of benzene rings is 1. The van der Waals surface area contributed by atoms with Crippen molar-refractivity contribution in [2.75, 3.05) is 0 Å². The standard InChI is InChI=1S/C13H10NO2/c15-10-12(11-6-2-1-3-7-11)16-13-8-4-5-9-14-13/h1-9,12H. The molecule has 0 saturated heterocycles. The average Bonchev–Trinajstić information content (AvgIpc) is 2.38. The minimum Gasteiger partial charge on any atom is -0.461 e. The molecule has 0 amide bonds. The summed E-state index contributed by atoms with van der Waals surface area (Å²) in [5.74, 6) is 0.416. The van der Waals surface area contributed by atoms with E-state index in [2.05, 4.69) is 4.98 Å². The lowest BCUT2D eigenvalue weighted by molar-refractivity contribution is 0.255. The summed E-state index contributed by atoms with van der Waals surface area (Å²) in [5, 5.41) is 0. The molecule has 1 heterocycles. The van der Waals surface area contributed by atoms with Crippen molar-refractivity contribution in [3.05, 3.63) is 60.3 Å². The van der Waals surface area contributed by atoms with Gasteiger partial charge >= 0.3 is 0 Å². The van der Waals surface area contributed by atoms with Crippen LogP contribution in [0.25, 0.3) is 0 Å². The van der Waals surface area contributed by atoms with Gasteiger partial charge in [0.15, 0.2) is 6.10 Å². The number of aromatic nitrogens is 1. The summed E-state index contributed by atoms with van der Waals surface area (Å²) in [6.07, 6.45) is 2.74. The molecule has 79 valence electrons. The molecule has 0 aliphatic carbocycles. The van der Waals surface area contributed by atoms with Crippen LogP contribution in [-0.4, -0.2) is 11.3 Å². The topological polar surface area (TPSA) is 39.2 Å². The molecule has 0 fully saturated rings. The summed E-state index contributed by atoms with van der Waals surface area (Å²) in [6, 6.07) is 14.5. The molecule has 3 nitrogen and oxygen atoms in total. The van der Waals surface area contributed by atoms with E-state index in [0.29, 0.717) is 5.88 Å². The SMILES string of the molecule is O=[C]C(Oc1ccccn1)c1ccccc1. The fourth-order valence-electron chi connectivity index (χ4n) is 1.33. The Kier molecular flexibility index (Phi) is 3.28. The van der Waals surface area contributed by atoms with Crippen LogP contribution < -0.4 is 4.74 Å². The van der Waals surface area contributed by atoms with Gasteiger partial charge in [0.05, 0.1) is 0 Å². The molecule has 1 radical (unpaired) electrons. The first-order valence-corrected chi connectivity index (χ1v) is 4.90. The van der Waals surface area contributed by atoms with E-state index >= 15 is 0 Å². The number of pyridine rings is 1. The molecule has 0 spiro atoms. The maximum Gasteiger partial charge on any atom is 0.247 e. The molecule has 2 aromatic rings. The Morgan fingerprint density at radius 2 is 1.81 bits per heavy atom. The summed E-state index contributed by atoms with van der Waals surface area (Å²) in [5.41, 5.74) is 0.767. The molecule has 0 aliphatic heterocycles. The van der Waals surface area contributed by atoms with Crippen molar-refractivity contribution in [3.8, 4) is 5.88 Å². The first kappa shape index (κ1) is 10.4. The predicted octanol–water partition coefficient (Wildman–Crippen LogP) is 2.31. The number of ether oxygens (including phenoxy) is 1. The van der Waals surface area contributed by atoms with Gasteiger partial charge in [0.25, 0.3) is 0 Å². The Hall–Kier alpha value is -2.16. The number of rotatable bonds is 4. The monoisotopic (exact) mass is 212 g/mol. The van der Waals surface area contributed by atoms with Gasteiger partial charge in [-0.2, -0.15) is 0 Å². The van der Waals surface area contributed by atoms with Crippen molar-refractivity contribution >= 4 is 6.29 Å². The van der Waals surface area contributed by atoms with Crippen molar-refractivity contribution < 1.29 is 9.53 Å². The third-order valence-corrected chi connectivity index (χ3v) is 2.09. The van der Waals surface area contributed by atoms with Gasteiger partial charge in [0.1, 0.15) is 0 Å². The second kappa shape index (κ2) is 5.07. The largest absolute Gasteiger partial charge is 0.461 e. The Morgan fingerprint density at radius 3 is 2.44 bits per heavy atom. The average molecular weight is 212 g/mol. The van der Waals surface area contributed by atoms with Crippen LogP contribution in [0, 0.1) is 0 Å². The van der Waals surface area contributed by atoms with Crippen LogP contribution in [0.2, 0.25) is 0 Å². The fraction of sp³-hybridized carbons (Fsp3) is 0.0769. The maximum atomic E-state index is 10.8. The van der Waals surface area contributed by atoms with Crippen LogP contribution in [-0.2, 0) is 4.79 Å². The van der Waals surface area contributed by atoms with Crippen LogP contribution in [0.5, 0.6) is 5.88 Å². The van der Waals surface area contributed by atoms with E-state index in [1.54, 1.807) is 24.4 Å². The second-order valence-corrected chi connectivity index (χ2v) is 3.19. The summed E-state index contributed by atoms with van der Waals surface area (Å²) in [7, 11) is 0. The van der Waals surface area contributed by atoms with E-state index in [0.717, 1.165) is 5.56 Å². The fourth-order valence-corrected chi connectivity index (χ4v) is 1.33. The Morgan fingerprint density at radius 1 is 1.06 bits per heavy atom. The molecule has 3 heteroatoms. The molecule has 1 aromatic heterocycles. The van der Waals surface area contributed by atoms with E-state index in [4.69, 9.17) is 4.74 Å². The van der Waals surface area contributed by atoms with E-state index in [1.807, 2.05) is 36.6 Å². The molecular weight excluding hydrogens is 202 g/mol. The number of carbonyl (C=O) groups excluding carboxylic acids is 1. The van der Waals surface area contributed by atoms with E-state index < -0.39 is 6.10 Å². The highest BCUT2D eigenvalue weighted by molar-refractivity contribution is 5.61. The predicted molar refractivity (Wildman–Crippen MR) is 59.7 cm³/mol. The van der Waals surface area contributed by atoms with Crippen molar-refractivity contribution in [1.29, 1.82) is 0 Å². The highest BCUT2D eigenvalue weighted by Gasteiger charge is 2.12. The third-order valence-electron chi connectivity index (χ3n) is 2.09. The van der Waals surface area contributed by atoms with Gasteiger partial charge < -0.3 is 4.74 Å². The van der Waals surface area contributed by atoms with Gasteiger partial charge in [0, 0.05) is 17.8 Å². The van der Waals surface area contributed by atoms with Crippen molar-refractivity contribution in [2.45, 2.75) is 6.10 Å². The van der Waals surface area contributed by atoms with Crippen LogP contribution >= 0.6 is 0 Å². The van der Waals surface area contributed by atoms with Gasteiger partial charge in [0.2, 0.25) is 12.2 Å². The van der Waals surface area contributed by atoms with E-state index in [9.17, 15) is 4.79 Å². The zero-order chi connectivity index (χ0) is 11.2. The summed E-state index contributed by atoms with van der Waals surface area (Å²) < 4.78 is 5.41. The normalized spacial score (nSPS) is 11.8. The number of hydrogen-bond donors (Lipinski definition) is 0. The van der Waals surface area contributed by atoms with Gasteiger partial charge in [-0.3, -0.25) is 4.79 Å². The third kappa shape index (κ3) is 2.45.